The summed E-state index contributed by atoms with van der Waals surface area (Å²) in [6.07, 6.45) is 1.56. The first-order chi connectivity index (χ1) is 12.3. The number of nitrogens with zero attached hydrogens (tertiary/aromatic N) is 3. The molecule has 0 amide bonds. The summed E-state index contributed by atoms with van der Waals surface area (Å²) >= 11 is 0. The van der Waals surface area contributed by atoms with E-state index in [1.54, 1.807) is 30.0 Å². The minimum absolute atomic E-state index is 0.104. The first kappa shape index (κ1) is 15.1. The van der Waals surface area contributed by atoms with E-state index in [-0.39, 0.29) is 5.78 Å². The molecule has 2 aromatic heterocycles. The molecule has 5 nitrogen and oxygen atoms in total. The lowest BCUT2D eigenvalue weighted by atomic mass is 10.1. The first-order valence-electron chi connectivity index (χ1n) is 7.85. The number of aromatic nitrogens is 3. The van der Waals surface area contributed by atoms with Gasteiger partial charge in [-0.2, -0.15) is 5.10 Å². The third-order valence-corrected chi connectivity index (χ3v) is 4.02. The van der Waals surface area contributed by atoms with Crippen LogP contribution in [0.25, 0.3) is 16.9 Å². The molecule has 0 atom stereocenters. The lowest BCUT2D eigenvalue weighted by Gasteiger charge is -2.05. The average molecular weight is 329 g/mol. The Morgan fingerprint density at radius 3 is 2.44 bits per heavy atom. The molecule has 0 unspecified atom stereocenters. The highest BCUT2D eigenvalue weighted by atomic mass is 16.5. The van der Waals surface area contributed by atoms with E-state index in [9.17, 15) is 4.79 Å². The van der Waals surface area contributed by atoms with Gasteiger partial charge in [0.25, 0.3) is 0 Å². The molecule has 0 aliphatic carbocycles. The summed E-state index contributed by atoms with van der Waals surface area (Å²) in [6, 6.07) is 20.5. The van der Waals surface area contributed by atoms with E-state index in [0.717, 1.165) is 17.0 Å². The number of methoxy groups -OCH3 is 1. The molecule has 2 aromatic carbocycles. The van der Waals surface area contributed by atoms with Crippen molar-refractivity contribution in [2.24, 2.45) is 0 Å². The Morgan fingerprint density at radius 2 is 1.72 bits per heavy atom. The average Bonchev–Trinajstić information content (AvgIpc) is 3.11. The van der Waals surface area contributed by atoms with Gasteiger partial charge in [0.2, 0.25) is 5.78 Å². The molecule has 4 aromatic rings. The van der Waals surface area contributed by atoms with Crippen molar-refractivity contribution in [3.05, 3.63) is 84.2 Å². The zero-order valence-corrected chi connectivity index (χ0v) is 13.6. The van der Waals surface area contributed by atoms with Gasteiger partial charge in [0.15, 0.2) is 5.65 Å². The van der Waals surface area contributed by atoms with Crippen LogP contribution >= 0.6 is 0 Å². The second kappa shape index (κ2) is 6.20. The standard InChI is InChI=1S/C20H15N3O2/c1-25-16-9-7-14(8-10-16)17-11-12-19-21-13-18(23(19)22-17)20(24)15-5-3-2-4-6-15/h2-13H,1H3. The number of rotatable bonds is 4. The summed E-state index contributed by atoms with van der Waals surface area (Å²) in [5.41, 5.74) is 3.39. The van der Waals surface area contributed by atoms with Crippen LogP contribution in [0.15, 0.2) is 72.9 Å². The smallest absolute Gasteiger partial charge is 0.213 e. The first-order valence-corrected chi connectivity index (χ1v) is 7.85. The number of benzene rings is 2. The third kappa shape index (κ3) is 2.76. The lowest BCUT2D eigenvalue weighted by Crippen LogP contribution is -2.07. The van der Waals surface area contributed by atoms with Crippen LogP contribution in [0.2, 0.25) is 0 Å². The van der Waals surface area contributed by atoms with E-state index in [1.165, 1.54) is 0 Å². The maximum Gasteiger partial charge on any atom is 0.213 e. The monoisotopic (exact) mass is 329 g/mol. The molecule has 0 bridgehead atoms. The van der Waals surface area contributed by atoms with Crippen LogP contribution in [0.4, 0.5) is 0 Å². The van der Waals surface area contributed by atoms with Crippen molar-refractivity contribution in [2.75, 3.05) is 7.11 Å². The summed E-state index contributed by atoms with van der Waals surface area (Å²) in [7, 11) is 1.63. The molecule has 0 spiro atoms. The number of fused-ring (bicyclic) bond motifs is 1. The Labute approximate surface area is 144 Å². The second-order valence-electron chi connectivity index (χ2n) is 5.56. The molecule has 0 saturated carbocycles. The second-order valence-corrected chi connectivity index (χ2v) is 5.56. The van der Waals surface area contributed by atoms with Crippen molar-refractivity contribution in [2.45, 2.75) is 0 Å². The number of hydrogen-bond donors (Lipinski definition) is 0. The summed E-state index contributed by atoms with van der Waals surface area (Å²) in [6.45, 7) is 0. The van der Waals surface area contributed by atoms with E-state index < -0.39 is 0 Å². The van der Waals surface area contributed by atoms with Crippen molar-refractivity contribution < 1.29 is 9.53 Å². The van der Waals surface area contributed by atoms with Crippen LogP contribution in [0.3, 0.4) is 0 Å². The molecule has 122 valence electrons. The van der Waals surface area contributed by atoms with Crippen LogP contribution in [0, 0.1) is 0 Å². The van der Waals surface area contributed by atoms with Gasteiger partial charge in [-0.3, -0.25) is 4.79 Å². The quantitative estimate of drug-likeness (QED) is 0.536. The zero-order valence-electron chi connectivity index (χ0n) is 13.6. The molecule has 0 radical (unpaired) electrons. The largest absolute Gasteiger partial charge is 0.497 e. The summed E-state index contributed by atoms with van der Waals surface area (Å²) in [5.74, 6) is 0.680. The van der Waals surface area contributed by atoms with E-state index in [4.69, 9.17) is 4.74 Å². The SMILES string of the molecule is COc1ccc(-c2ccc3ncc(C(=O)c4ccccc4)n3n2)cc1. The minimum Gasteiger partial charge on any atom is -0.497 e. The van der Waals surface area contributed by atoms with Crippen molar-refractivity contribution in [1.29, 1.82) is 0 Å². The molecular weight excluding hydrogens is 314 g/mol. The van der Waals surface area contributed by atoms with Crippen LogP contribution in [0.5, 0.6) is 5.75 Å². The van der Waals surface area contributed by atoms with E-state index in [1.807, 2.05) is 54.6 Å². The highest BCUT2D eigenvalue weighted by Gasteiger charge is 2.15. The van der Waals surface area contributed by atoms with Gasteiger partial charge < -0.3 is 4.74 Å². The van der Waals surface area contributed by atoms with Crippen molar-refractivity contribution in [3.8, 4) is 17.0 Å². The molecule has 0 saturated heterocycles. The summed E-state index contributed by atoms with van der Waals surface area (Å²) in [5, 5.41) is 4.60. The molecule has 5 heteroatoms. The van der Waals surface area contributed by atoms with Crippen LogP contribution in [-0.2, 0) is 0 Å². The highest BCUT2D eigenvalue weighted by Crippen LogP contribution is 2.21. The Bertz CT molecular complexity index is 1040. The van der Waals surface area contributed by atoms with E-state index in [0.29, 0.717) is 16.9 Å². The molecule has 0 aliphatic heterocycles. The number of imidazole rings is 1. The minimum atomic E-state index is -0.104. The topological polar surface area (TPSA) is 56.5 Å². The fraction of sp³-hybridized carbons (Fsp3) is 0.0500. The molecule has 25 heavy (non-hydrogen) atoms. The maximum absolute atomic E-state index is 12.7. The number of ketones is 1. The van der Waals surface area contributed by atoms with Gasteiger partial charge in [-0.25, -0.2) is 9.50 Å². The number of carbonyl (C=O) groups is 1. The van der Waals surface area contributed by atoms with Gasteiger partial charge in [0.1, 0.15) is 11.4 Å². The fourth-order valence-corrected chi connectivity index (χ4v) is 2.68. The van der Waals surface area contributed by atoms with E-state index >= 15 is 0 Å². The molecule has 4 rings (SSSR count). The van der Waals surface area contributed by atoms with Gasteiger partial charge in [0, 0.05) is 11.1 Å². The fourth-order valence-electron chi connectivity index (χ4n) is 2.68. The van der Waals surface area contributed by atoms with Gasteiger partial charge in [-0.1, -0.05) is 30.3 Å². The Hall–Kier alpha value is -3.47. The predicted octanol–water partition coefficient (Wildman–Crippen LogP) is 3.64. The number of hydrogen-bond acceptors (Lipinski definition) is 4. The van der Waals surface area contributed by atoms with Gasteiger partial charge in [-0.15, -0.1) is 0 Å². The predicted molar refractivity (Wildman–Crippen MR) is 94.8 cm³/mol. The third-order valence-electron chi connectivity index (χ3n) is 4.02. The van der Waals surface area contributed by atoms with Gasteiger partial charge in [-0.05, 0) is 36.4 Å². The Morgan fingerprint density at radius 1 is 0.960 bits per heavy atom. The molecule has 0 fully saturated rings. The highest BCUT2D eigenvalue weighted by molar-refractivity contribution is 6.08. The number of carbonyl (C=O) groups excluding carboxylic acids is 1. The van der Waals surface area contributed by atoms with Crippen molar-refractivity contribution >= 4 is 11.4 Å². The van der Waals surface area contributed by atoms with E-state index in [2.05, 4.69) is 10.1 Å². The van der Waals surface area contributed by atoms with Crippen LogP contribution in [0.1, 0.15) is 16.1 Å². The van der Waals surface area contributed by atoms with Crippen LogP contribution in [-0.4, -0.2) is 27.5 Å². The molecular formula is C20H15N3O2. The molecule has 0 aliphatic rings. The van der Waals surface area contributed by atoms with Crippen molar-refractivity contribution in [1.82, 2.24) is 14.6 Å². The summed E-state index contributed by atoms with van der Waals surface area (Å²) < 4.78 is 6.77. The maximum atomic E-state index is 12.7. The van der Waals surface area contributed by atoms with Gasteiger partial charge in [0.05, 0.1) is 19.0 Å². The Kier molecular flexibility index (Phi) is 3.74. The van der Waals surface area contributed by atoms with Crippen LogP contribution < -0.4 is 4.74 Å². The molecule has 0 N–H and O–H groups in total. The molecule has 2 heterocycles. The lowest BCUT2D eigenvalue weighted by molar-refractivity contribution is 0.103. The normalized spacial score (nSPS) is 10.8. The van der Waals surface area contributed by atoms with Crippen molar-refractivity contribution in [3.63, 3.8) is 0 Å². The zero-order chi connectivity index (χ0) is 17.2. The number of ether oxygens (including phenoxy) is 1. The van der Waals surface area contributed by atoms with Gasteiger partial charge >= 0.3 is 0 Å². The Balaban J connectivity index is 1.78. The summed E-state index contributed by atoms with van der Waals surface area (Å²) in [4.78, 5) is 17.0.